The molecule has 7 nitrogen and oxygen atoms in total. The molecule has 1 atom stereocenters. The Morgan fingerprint density at radius 1 is 1.17 bits per heavy atom. The number of carbonyl (C=O) groups is 1. The molecule has 2 N–H and O–H groups in total. The molecule has 9 heteroatoms. The zero-order valence-corrected chi connectivity index (χ0v) is 19.1. The minimum absolute atomic E-state index is 0. The summed E-state index contributed by atoms with van der Waals surface area (Å²) < 4.78 is 1.94. The predicted octanol–water partition coefficient (Wildman–Crippen LogP) is 2.75. The molecule has 1 unspecified atom stereocenters. The normalized spacial score (nSPS) is 20.1. The maximum Gasteiger partial charge on any atom is 0.274 e. The Labute approximate surface area is 190 Å². The van der Waals surface area contributed by atoms with Crippen LogP contribution >= 0.6 is 24.8 Å². The number of benzene rings is 1. The Kier molecular flexibility index (Phi) is 9.55. The van der Waals surface area contributed by atoms with Crippen molar-refractivity contribution >= 4 is 30.7 Å². The third kappa shape index (κ3) is 5.94. The number of amides is 1. The van der Waals surface area contributed by atoms with Crippen LogP contribution in [-0.2, 0) is 6.54 Å². The van der Waals surface area contributed by atoms with E-state index in [1.165, 1.54) is 5.56 Å². The van der Waals surface area contributed by atoms with Gasteiger partial charge in [-0.25, -0.2) is 4.68 Å². The van der Waals surface area contributed by atoms with Gasteiger partial charge in [0.25, 0.3) is 5.91 Å². The van der Waals surface area contributed by atoms with Gasteiger partial charge in [0.05, 0.1) is 11.7 Å². The third-order valence-corrected chi connectivity index (χ3v) is 5.89. The number of likely N-dealkylation sites (tertiary alicyclic amines) is 1. The molecule has 0 aliphatic carbocycles. The molecule has 0 saturated carbocycles. The number of piperidine rings is 2. The van der Waals surface area contributed by atoms with E-state index in [2.05, 4.69) is 50.1 Å². The number of hydrogen-bond acceptors (Lipinski definition) is 5. The summed E-state index contributed by atoms with van der Waals surface area (Å²) in [5, 5.41) is 15.1. The van der Waals surface area contributed by atoms with Crippen LogP contribution in [0.1, 0.15) is 53.5 Å². The van der Waals surface area contributed by atoms with E-state index in [0.717, 1.165) is 64.1 Å². The van der Waals surface area contributed by atoms with Crippen molar-refractivity contribution in [1.29, 1.82) is 0 Å². The van der Waals surface area contributed by atoms with E-state index in [-0.39, 0.29) is 36.8 Å². The standard InChI is InChI=1S/C21H30N6O.2ClH/c1-16-20(24-25-27(16)19-9-11-22-12-10-19)21(28)23-18-8-5-13-26(15-18)14-17-6-3-2-4-7-17;;/h2-4,6-7,18-19,22H,5,8-15H2,1H3,(H,23,28);2*1H. The average Bonchev–Trinajstić information content (AvgIpc) is 3.11. The quantitative estimate of drug-likeness (QED) is 0.726. The first-order valence-electron chi connectivity index (χ1n) is 10.4. The first kappa shape index (κ1) is 24.6. The summed E-state index contributed by atoms with van der Waals surface area (Å²) in [6.45, 7) is 6.82. The second-order valence-corrected chi connectivity index (χ2v) is 7.98. The van der Waals surface area contributed by atoms with Gasteiger partial charge in [0.2, 0.25) is 0 Å². The van der Waals surface area contributed by atoms with Crippen LogP contribution in [0.5, 0.6) is 0 Å². The van der Waals surface area contributed by atoms with Crippen LogP contribution in [0.3, 0.4) is 0 Å². The van der Waals surface area contributed by atoms with Gasteiger partial charge in [-0.15, -0.1) is 29.9 Å². The van der Waals surface area contributed by atoms with Gasteiger partial charge in [0.1, 0.15) is 0 Å². The van der Waals surface area contributed by atoms with Crippen LogP contribution in [-0.4, -0.2) is 58.0 Å². The lowest BCUT2D eigenvalue weighted by Crippen LogP contribution is -2.47. The number of nitrogens with one attached hydrogen (secondary N) is 2. The topological polar surface area (TPSA) is 75.1 Å². The molecule has 1 amide bonds. The van der Waals surface area contributed by atoms with E-state index in [1.54, 1.807) is 0 Å². The van der Waals surface area contributed by atoms with Crippen molar-refractivity contribution in [3.05, 3.63) is 47.3 Å². The van der Waals surface area contributed by atoms with Crippen molar-refractivity contribution < 1.29 is 4.79 Å². The molecule has 2 saturated heterocycles. The van der Waals surface area contributed by atoms with Gasteiger partial charge in [0.15, 0.2) is 5.69 Å². The fourth-order valence-corrected chi connectivity index (χ4v) is 4.36. The molecule has 2 fully saturated rings. The molecule has 2 aliphatic heterocycles. The van der Waals surface area contributed by atoms with Gasteiger partial charge in [-0.2, -0.15) is 0 Å². The molecular weight excluding hydrogens is 423 g/mol. The Hall–Kier alpha value is -1.67. The Morgan fingerprint density at radius 3 is 2.63 bits per heavy atom. The highest BCUT2D eigenvalue weighted by molar-refractivity contribution is 5.93. The summed E-state index contributed by atoms with van der Waals surface area (Å²) in [5.41, 5.74) is 2.66. The molecular formula is C21H32Cl2N6O. The smallest absolute Gasteiger partial charge is 0.274 e. The minimum atomic E-state index is -0.0933. The van der Waals surface area contributed by atoms with Crippen LogP contribution in [0.25, 0.3) is 0 Å². The zero-order valence-electron chi connectivity index (χ0n) is 17.4. The summed E-state index contributed by atoms with van der Waals surface area (Å²) in [5.74, 6) is -0.0933. The summed E-state index contributed by atoms with van der Waals surface area (Å²) in [4.78, 5) is 15.3. The fourth-order valence-electron chi connectivity index (χ4n) is 4.36. The SMILES string of the molecule is Cc1c(C(=O)NC2CCCN(Cc3ccccc3)C2)nnn1C1CCNCC1.Cl.Cl. The first-order chi connectivity index (χ1) is 13.7. The van der Waals surface area contributed by atoms with Crippen molar-refractivity contribution in [3.8, 4) is 0 Å². The summed E-state index contributed by atoms with van der Waals surface area (Å²) in [7, 11) is 0. The lowest BCUT2D eigenvalue weighted by molar-refractivity contribution is 0.0895. The van der Waals surface area contributed by atoms with Crippen molar-refractivity contribution in [3.63, 3.8) is 0 Å². The Balaban J connectivity index is 0.00000160. The second kappa shape index (κ2) is 11.6. The van der Waals surface area contributed by atoms with Crippen molar-refractivity contribution in [1.82, 2.24) is 30.5 Å². The molecule has 30 heavy (non-hydrogen) atoms. The third-order valence-electron chi connectivity index (χ3n) is 5.89. The molecule has 2 aromatic rings. The van der Waals surface area contributed by atoms with Crippen LogP contribution in [0.2, 0.25) is 0 Å². The zero-order chi connectivity index (χ0) is 19.3. The van der Waals surface area contributed by atoms with Gasteiger partial charge in [0, 0.05) is 19.1 Å². The lowest BCUT2D eigenvalue weighted by atomic mass is 10.0. The number of hydrogen-bond donors (Lipinski definition) is 2. The average molecular weight is 455 g/mol. The Bertz CT molecular complexity index is 794. The maximum atomic E-state index is 12.8. The number of nitrogens with zero attached hydrogens (tertiary/aromatic N) is 4. The number of aromatic nitrogens is 3. The van der Waals surface area contributed by atoms with E-state index in [9.17, 15) is 4.79 Å². The van der Waals surface area contributed by atoms with E-state index < -0.39 is 0 Å². The lowest BCUT2D eigenvalue weighted by Gasteiger charge is -2.33. The van der Waals surface area contributed by atoms with E-state index >= 15 is 0 Å². The van der Waals surface area contributed by atoms with E-state index in [0.29, 0.717) is 11.7 Å². The number of halogens is 2. The summed E-state index contributed by atoms with van der Waals surface area (Å²) >= 11 is 0. The maximum absolute atomic E-state index is 12.8. The molecule has 4 rings (SSSR count). The highest BCUT2D eigenvalue weighted by Gasteiger charge is 2.26. The number of carbonyl (C=O) groups excluding carboxylic acids is 1. The molecule has 166 valence electrons. The van der Waals surface area contributed by atoms with E-state index in [4.69, 9.17) is 0 Å². The summed E-state index contributed by atoms with van der Waals surface area (Å²) in [6, 6.07) is 11.0. The molecule has 0 radical (unpaired) electrons. The molecule has 1 aromatic heterocycles. The van der Waals surface area contributed by atoms with Gasteiger partial charge in [-0.1, -0.05) is 35.5 Å². The van der Waals surface area contributed by atoms with Crippen LogP contribution in [0.15, 0.2) is 30.3 Å². The monoisotopic (exact) mass is 454 g/mol. The minimum Gasteiger partial charge on any atom is -0.347 e. The van der Waals surface area contributed by atoms with Crippen LogP contribution in [0, 0.1) is 6.92 Å². The summed E-state index contributed by atoms with van der Waals surface area (Å²) in [6.07, 6.45) is 4.17. The first-order valence-corrected chi connectivity index (χ1v) is 10.4. The number of rotatable bonds is 5. The molecule has 3 heterocycles. The van der Waals surface area contributed by atoms with Gasteiger partial charge >= 0.3 is 0 Å². The van der Waals surface area contributed by atoms with Crippen molar-refractivity contribution in [2.24, 2.45) is 0 Å². The molecule has 0 bridgehead atoms. The van der Waals surface area contributed by atoms with Crippen molar-refractivity contribution in [2.75, 3.05) is 26.2 Å². The Morgan fingerprint density at radius 2 is 1.90 bits per heavy atom. The highest BCUT2D eigenvalue weighted by atomic mass is 35.5. The van der Waals surface area contributed by atoms with Crippen molar-refractivity contribution in [2.45, 2.75) is 51.2 Å². The van der Waals surface area contributed by atoms with Gasteiger partial charge < -0.3 is 10.6 Å². The largest absolute Gasteiger partial charge is 0.347 e. The van der Waals surface area contributed by atoms with Gasteiger partial charge in [-0.3, -0.25) is 9.69 Å². The van der Waals surface area contributed by atoms with E-state index in [1.807, 2.05) is 17.7 Å². The van der Waals surface area contributed by atoms with Gasteiger partial charge in [-0.05, 0) is 57.8 Å². The molecule has 0 spiro atoms. The second-order valence-electron chi connectivity index (χ2n) is 7.98. The fraction of sp³-hybridized carbons (Fsp3) is 0.571. The van der Waals surface area contributed by atoms with Crippen LogP contribution < -0.4 is 10.6 Å². The molecule has 2 aliphatic rings. The molecule has 1 aromatic carbocycles. The van der Waals surface area contributed by atoms with Crippen LogP contribution in [0.4, 0.5) is 0 Å². The predicted molar refractivity (Wildman–Crippen MR) is 123 cm³/mol. The highest BCUT2D eigenvalue weighted by Crippen LogP contribution is 2.20.